The van der Waals surface area contributed by atoms with Gasteiger partial charge in [0.2, 0.25) is 0 Å². The molecule has 348 valence electrons. The van der Waals surface area contributed by atoms with Gasteiger partial charge in [0.15, 0.2) is 29.6 Å². The molecule has 8 aromatic rings. The first-order valence-electron chi connectivity index (χ1n) is 23.1. The van der Waals surface area contributed by atoms with Gasteiger partial charge in [-0.15, -0.1) is 0 Å². The molecule has 2 saturated heterocycles. The molecule has 0 amide bonds. The van der Waals surface area contributed by atoms with Gasteiger partial charge in [-0.2, -0.15) is 0 Å². The van der Waals surface area contributed by atoms with Crippen molar-refractivity contribution in [2.24, 2.45) is 0 Å². The Labute approximate surface area is 398 Å². The van der Waals surface area contributed by atoms with Gasteiger partial charge in [-0.3, -0.25) is 4.57 Å². The zero-order valence-corrected chi connectivity index (χ0v) is 37.9. The lowest BCUT2D eigenvalue weighted by molar-refractivity contribution is -0.239. The monoisotopic (exact) mass is 923 g/mol. The van der Waals surface area contributed by atoms with E-state index in [2.05, 4.69) is 9.97 Å². The summed E-state index contributed by atoms with van der Waals surface area (Å²) in [5, 5.41) is 15.3. The van der Waals surface area contributed by atoms with E-state index in [1.807, 2.05) is 146 Å². The molecule has 14 heteroatoms. The Morgan fingerprint density at radius 2 is 1.22 bits per heavy atom. The molecule has 0 aliphatic carbocycles. The summed E-state index contributed by atoms with van der Waals surface area (Å²) in [7, 11) is 3.27. The van der Waals surface area contributed by atoms with E-state index in [0.29, 0.717) is 69.8 Å². The highest BCUT2D eigenvalue weighted by molar-refractivity contribution is 5.81. The molecule has 0 bridgehead atoms. The van der Waals surface area contributed by atoms with Crippen molar-refractivity contribution in [2.45, 2.75) is 60.6 Å². The Morgan fingerprint density at radius 3 is 1.78 bits per heavy atom. The van der Waals surface area contributed by atoms with Crippen LogP contribution in [-0.4, -0.2) is 76.2 Å². The SMILES string of the molecule is COc1ccc(C2(OC[C@H]3O[C@@H](n4cnc5c(N)ncnc54)[C@H](OC4CCCCO4)[C@@]3(O)C3(c4ccc(OC)cc4)c4ccccc4Oc4ccccc43)c3ccccc3Oc3ccccc32)cc1. The maximum Gasteiger partial charge on any atom is 0.167 e. The number of benzene rings is 6. The van der Waals surface area contributed by atoms with E-state index in [9.17, 15) is 0 Å². The number of anilines is 1. The molecule has 4 aliphatic rings. The van der Waals surface area contributed by atoms with Gasteiger partial charge in [-0.1, -0.05) is 97.1 Å². The highest BCUT2D eigenvalue weighted by Crippen LogP contribution is 2.63. The van der Waals surface area contributed by atoms with Crippen molar-refractivity contribution in [1.82, 2.24) is 19.5 Å². The lowest BCUT2D eigenvalue weighted by atomic mass is 9.55. The van der Waals surface area contributed by atoms with Gasteiger partial charge >= 0.3 is 0 Å². The summed E-state index contributed by atoms with van der Waals surface area (Å²) in [4.78, 5) is 13.6. The van der Waals surface area contributed by atoms with Crippen LogP contribution >= 0.6 is 0 Å². The fourth-order valence-corrected chi connectivity index (χ4v) is 11.1. The number of imidazole rings is 1. The van der Waals surface area contributed by atoms with Crippen LogP contribution in [-0.2, 0) is 30.0 Å². The minimum absolute atomic E-state index is 0.195. The van der Waals surface area contributed by atoms with Crippen LogP contribution in [0.1, 0.15) is 58.9 Å². The first-order valence-corrected chi connectivity index (χ1v) is 23.1. The van der Waals surface area contributed by atoms with Crippen LogP contribution in [0.25, 0.3) is 11.2 Å². The number of nitrogen functional groups attached to an aromatic ring is 1. The van der Waals surface area contributed by atoms with Crippen LogP contribution in [0.15, 0.2) is 158 Å². The molecule has 6 aromatic carbocycles. The molecule has 2 aromatic heterocycles. The number of methoxy groups -OCH3 is 2. The summed E-state index contributed by atoms with van der Waals surface area (Å²) in [5.41, 5.74) is 6.66. The number of nitrogens with zero attached hydrogens (tertiary/aromatic N) is 4. The average Bonchev–Trinajstić information content (AvgIpc) is 3.96. The van der Waals surface area contributed by atoms with Crippen LogP contribution in [0.5, 0.6) is 34.5 Å². The minimum atomic E-state index is -2.11. The topological polar surface area (TPSA) is 164 Å². The van der Waals surface area contributed by atoms with E-state index in [1.165, 1.54) is 6.33 Å². The normalized spacial score (nSPS) is 22.8. The van der Waals surface area contributed by atoms with Gasteiger partial charge in [0.05, 0.1) is 32.6 Å². The Balaban J connectivity index is 1.15. The van der Waals surface area contributed by atoms with Crippen molar-refractivity contribution < 1.29 is 43.0 Å². The maximum atomic E-state index is 15.3. The largest absolute Gasteiger partial charge is 0.497 e. The second-order valence-electron chi connectivity index (χ2n) is 17.7. The molecule has 14 nitrogen and oxygen atoms in total. The second kappa shape index (κ2) is 17.0. The van der Waals surface area contributed by atoms with Crippen LogP contribution in [0, 0.1) is 0 Å². The molecule has 3 N–H and O–H groups in total. The molecule has 6 heterocycles. The summed E-state index contributed by atoms with van der Waals surface area (Å²) in [6, 6.07) is 46.9. The number of aromatic nitrogens is 4. The first kappa shape index (κ1) is 43.0. The minimum Gasteiger partial charge on any atom is -0.497 e. The molecule has 0 radical (unpaired) electrons. The molecule has 5 atom stereocenters. The van der Waals surface area contributed by atoms with Crippen molar-refractivity contribution >= 4 is 17.0 Å². The number of aliphatic hydroxyl groups is 1. The molecule has 1 unspecified atom stereocenters. The fourth-order valence-electron chi connectivity index (χ4n) is 11.1. The van der Waals surface area contributed by atoms with Crippen molar-refractivity contribution in [3.05, 3.63) is 192 Å². The average molecular weight is 924 g/mol. The summed E-state index contributed by atoms with van der Waals surface area (Å²) >= 11 is 0. The van der Waals surface area contributed by atoms with Crippen molar-refractivity contribution in [1.29, 1.82) is 0 Å². The van der Waals surface area contributed by atoms with Gasteiger partial charge in [-0.25, -0.2) is 15.0 Å². The Hall–Kier alpha value is -7.33. The zero-order valence-electron chi connectivity index (χ0n) is 37.9. The highest BCUT2D eigenvalue weighted by atomic mass is 16.7. The quantitative estimate of drug-likeness (QED) is 0.126. The maximum absolute atomic E-state index is 15.3. The smallest absolute Gasteiger partial charge is 0.167 e. The Bertz CT molecular complexity index is 3080. The third-order valence-corrected chi connectivity index (χ3v) is 14.2. The summed E-state index contributed by atoms with van der Waals surface area (Å²) in [6.07, 6.45) is 1.06. The molecule has 69 heavy (non-hydrogen) atoms. The van der Waals surface area contributed by atoms with E-state index in [0.717, 1.165) is 35.1 Å². The van der Waals surface area contributed by atoms with E-state index in [1.54, 1.807) is 25.1 Å². The van der Waals surface area contributed by atoms with Gasteiger partial charge in [-0.05, 0) is 78.9 Å². The van der Waals surface area contributed by atoms with Gasteiger partial charge < -0.3 is 48.7 Å². The Kier molecular flexibility index (Phi) is 10.6. The number of ether oxygens (including phenoxy) is 8. The highest BCUT2D eigenvalue weighted by Gasteiger charge is 2.72. The third-order valence-electron chi connectivity index (χ3n) is 14.2. The van der Waals surface area contributed by atoms with Crippen LogP contribution in [0.3, 0.4) is 0 Å². The van der Waals surface area contributed by atoms with Crippen molar-refractivity contribution in [2.75, 3.05) is 33.2 Å². The molecule has 12 rings (SSSR count). The predicted molar refractivity (Wildman–Crippen MR) is 255 cm³/mol. The number of nitrogens with two attached hydrogens (primary N) is 1. The van der Waals surface area contributed by atoms with Crippen molar-refractivity contribution in [3.8, 4) is 34.5 Å². The zero-order chi connectivity index (χ0) is 46.7. The summed E-state index contributed by atoms with van der Waals surface area (Å²) < 4.78 is 55.6. The molecule has 2 fully saturated rings. The van der Waals surface area contributed by atoms with E-state index >= 15 is 5.11 Å². The van der Waals surface area contributed by atoms with E-state index < -0.39 is 41.3 Å². The Morgan fingerprint density at radius 1 is 0.667 bits per heavy atom. The lowest BCUT2D eigenvalue weighted by Crippen LogP contribution is -2.66. The van der Waals surface area contributed by atoms with E-state index in [4.69, 9.17) is 48.6 Å². The molecular formula is C55H49N5O9. The van der Waals surface area contributed by atoms with Crippen molar-refractivity contribution in [3.63, 3.8) is 0 Å². The lowest BCUT2D eigenvalue weighted by Gasteiger charge is -2.53. The van der Waals surface area contributed by atoms with Gasteiger partial charge in [0, 0.05) is 28.9 Å². The third kappa shape index (κ3) is 6.54. The standard InChI is InChI=1S/C55H49N5O9/c1-62-36-26-22-34(23-27-36)53(38-13-3-7-17-42(38)66-43-18-8-4-14-39(43)53)55(61)46(68-52(49(55)69-47-21-11-12-30-64-47)60-33-59-48-50(56)57-32-58-51(48)60)31-65-54(35-24-28-37(63-2)29-25-35)40-15-5-9-19-44(40)67-45-20-10-6-16-41(45)54/h3-10,13-20,22-29,32-33,46-47,49,52,61H,11-12,21,30-31H2,1-2H3,(H2,56,57,58)/t46-,47?,49+,52-,55-/m1/s1. The predicted octanol–water partition coefficient (Wildman–Crippen LogP) is 9.22. The van der Waals surface area contributed by atoms with Gasteiger partial charge in [0.25, 0.3) is 0 Å². The number of hydrogen-bond acceptors (Lipinski definition) is 13. The number of hydrogen-bond donors (Lipinski definition) is 2. The molecular weight excluding hydrogens is 875 g/mol. The van der Waals surface area contributed by atoms with Crippen LogP contribution in [0.2, 0.25) is 0 Å². The number of rotatable bonds is 11. The molecule has 0 saturated carbocycles. The first-order chi connectivity index (χ1) is 33.9. The second-order valence-corrected chi connectivity index (χ2v) is 17.7. The molecule has 4 aliphatic heterocycles. The summed E-state index contributed by atoms with van der Waals surface area (Å²) in [6.45, 7) is 0.278. The molecule has 0 spiro atoms. The van der Waals surface area contributed by atoms with Crippen LogP contribution < -0.4 is 24.7 Å². The number of para-hydroxylation sites is 4. The fraction of sp³-hybridized carbons (Fsp3) is 0.255. The van der Waals surface area contributed by atoms with Gasteiger partial charge in [0.1, 0.15) is 64.2 Å². The van der Waals surface area contributed by atoms with E-state index in [-0.39, 0.29) is 12.4 Å². The summed E-state index contributed by atoms with van der Waals surface area (Å²) in [5.74, 6) is 3.84. The van der Waals surface area contributed by atoms with Crippen LogP contribution in [0.4, 0.5) is 5.82 Å². The number of fused-ring (bicyclic) bond motifs is 5.